The molecule has 0 unspecified atom stereocenters. The lowest BCUT2D eigenvalue weighted by molar-refractivity contribution is 0.446. The average Bonchev–Trinajstić information content (AvgIpc) is 2.89. The quantitative estimate of drug-likeness (QED) is 0.689. The summed E-state index contributed by atoms with van der Waals surface area (Å²) in [6.07, 6.45) is 3.60. The molecule has 0 saturated heterocycles. The van der Waals surface area contributed by atoms with Gasteiger partial charge in [-0.2, -0.15) is 19.6 Å². The highest BCUT2D eigenvalue weighted by molar-refractivity contribution is 6.29. The molecule has 0 amide bonds. The van der Waals surface area contributed by atoms with E-state index in [1.165, 1.54) is 16.4 Å². The van der Waals surface area contributed by atoms with Gasteiger partial charge in [0.15, 0.2) is 0 Å². The smallest absolute Gasteiger partial charge is 0.256 e. The van der Waals surface area contributed by atoms with Crippen molar-refractivity contribution in [2.45, 2.75) is 19.8 Å². The van der Waals surface area contributed by atoms with E-state index in [-0.39, 0.29) is 0 Å². The van der Waals surface area contributed by atoms with Gasteiger partial charge in [0.1, 0.15) is 17.2 Å². The predicted molar refractivity (Wildman–Crippen MR) is 76.3 cm³/mol. The van der Waals surface area contributed by atoms with Gasteiger partial charge in [-0.15, -0.1) is 0 Å². The van der Waals surface area contributed by atoms with E-state index in [2.05, 4.69) is 34.1 Å². The van der Waals surface area contributed by atoms with E-state index in [0.29, 0.717) is 16.8 Å². The number of rotatable bonds is 4. The molecule has 5 nitrogen and oxygen atoms in total. The summed E-state index contributed by atoms with van der Waals surface area (Å²) >= 11 is 5.94. The van der Waals surface area contributed by atoms with Crippen LogP contribution in [0.5, 0.6) is 11.6 Å². The summed E-state index contributed by atoms with van der Waals surface area (Å²) in [6.45, 7) is 2.16. The minimum atomic E-state index is 0.322. The molecule has 3 aromatic rings. The Morgan fingerprint density at radius 2 is 2.05 bits per heavy atom. The highest BCUT2D eigenvalue weighted by Crippen LogP contribution is 2.24. The highest BCUT2D eigenvalue weighted by atomic mass is 35.5. The van der Waals surface area contributed by atoms with Gasteiger partial charge in [-0.25, -0.2) is 0 Å². The van der Waals surface area contributed by atoms with Crippen LogP contribution in [0.25, 0.3) is 5.78 Å². The number of benzene rings is 1. The van der Waals surface area contributed by atoms with E-state index in [9.17, 15) is 0 Å². The van der Waals surface area contributed by atoms with E-state index in [0.717, 1.165) is 18.6 Å². The third-order valence-electron chi connectivity index (χ3n) is 2.87. The van der Waals surface area contributed by atoms with E-state index >= 15 is 0 Å². The Labute approximate surface area is 121 Å². The van der Waals surface area contributed by atoms with E-state index < -0.39 is 0 Å². The first-order chi connectivity index (χ1) is 9.76. The van der Waals surface area contributed by atoms with Crippen molar-refractivity contribution >= 4 is 17.4 Å². The number of fused-ring (bicyclic) bond motifs is 1. The van der Waals surface area contributed by atoms with Crippen LogP contribution >= 0.6 is 11.6 Å². The number of nitrogens with zero attached hydrogens (tertiary/aromatic N) is 4. The Morgan fingerprint density at radius 1 is 1.25 bits per heavy atom. The molecular weight excluding hydrogens is 276 g/mol. The molecule has 0 radical (unpaired) electrons. The topological polar surface area (TPSA) is 52.3 Å². The number of aromatic nitrogens is 4. The van der Waals surface area contributed by atoms with Gasteiger partial charge in [0.05, 0.1) is 0 Å². The molecule has 0 spiro atoms. The van der Waals surface area contributed by atoms with Crippen LogP contribution in [-0.2, 0) is 6.42 Å². The molecule has 1 aromatic carbocycles. The summed E-state index contributed by atoms with van der Waals surface area (Å²) in [5.41, 5.74) is 1.29. The van der Waals surface area contributed by atoms with Crippen LogP contribution < -0.4 is 4.74 Å². The molecule has 2 heterocycles. The van der Waals surface area contributed by atoms with E-state index in [1.807, 2.05) is 12.1 Å². The van der Waals surface area contributed by atoms with Crippen molar-refractivity contribution in [1.82, 2.24) is 19.6 Å². The summed E-state index contributed by atoms with van der Waals surface area (Å²) in [4.78, 5) is 8.05. The van der Waals surface area contributed by atoms with E-state index in [4.69, 9.17) is 16.3 Å². The van der Waals surface area contributed by atoms with Crippen molar-refractivity contribution in [3.05, 3.63) is 47.4 Å². The fourth-order valence-corrected chi connectivity index (χ4v) is 2.13. The minimum Gasteiger partial charge on any atom is -0.439 e. The molecule has 0 bridgehead atoms. The van der Waals surface area contributed by atoms with Crippen LogP contribution in [0.2, 0.25) is 5.15 Å². The SMILES string of the molecule is CCCc1ccc(Oc2cc(Cl)nc3ncnn23)cc1. The molecule has 0 atom stereocenters. The molecular formula is C14H13ClN4O. The summed E-state index contributed by atoms with van der Waals surface area (Å²) < 4.78 is 7.31. The molecule has 0 N–H and O–H groups in total. The fraction of sp³-hybridized carbons (Fsp3) is 0.214. The van der Waals surface area contributed by atoms with Crippen LogP contribution in [0, 0.1) is 0 Å². The predicted octanol–water partition coefficient (Wildman–Crippen LogP) is 3.52. The van der Waals surface area contributed by atoms with Gasteiger partial charge in [-0.05, 0) is 24.1 Å². The monoisotopic (exact) mass is 288 g/mol. The van der Waals surface area contributed by atoms with Gasteiger partial charge < -0.3 is 4.74 Å². The Balaban J connectivity index is 1.90. The second kappa shape index (κ2) is 5.46. The molecule has 2 aromatic heterocycles. The van der Waals surface area contributed by atoms with Gasteiger partial charge in [0.25, 0.3) is 5.78 Å². The summed E-state index contributed by atoms with van der Waals surface area (Å²) in [7, 11) is 0. The summed E-state index contributed by atoms with van der Waals surface area (Å²) in [5, 5.41) is 4.38. The van der Waals surface area contributed by atoms with Gasteiger partial charge in [-0.1, -0.05) is 37.1 Å². The third-order valence-corrected chi connectivity index (χ3v) is 3.07. The largest absolute Gasteiger partial charge is 0.439 e. The zero-order chi connectivity index (χ0) is 13.9. The standard InChI is InChI=1S/C14H13ClN4O/c1-2-3-10-4-6-11(7-5-10)20-13-8-12(15)18-14-16-9-17-19(13)14/h4-9H,2-3H2,1H3. The zero-order valence-corrected chi connectivity index (χ0v) is 11.7. The van der Waals surface area contributed by atoms with Gasteiger partial charge in [0.2, 0.25) is 5.88 Å². The summed E-state index contributed by atoms with van der Waals surface area (Å²) in [5.74, 6) is 1.62. The average molecular weight is 289 g/mol. The van der Waals surface area contributed by atoms with Crippen LogP contribution in [-0.4, -0.2) is 19.6 Å². The fourth-order valence-electron chi connectivity index (χ4n) is 1.96. The number of aryl methyl sites for hydroxylation is 1. The van der Waals surface area contributed by atoms with Crippen molar-refractivity contribution in [2.75, 3.05) is 0 Å². The van der Waals surface area contributed by atoms with Crippen LogP contribution in [0.15, 0.2) is 36.7 Å². The summed E-state index contributed by atoms with van der Waals surface area (Å²) in [6, 6.07) is 9.59. The number of ether oxygens (including phenoxy) is 1. The molecule has 102 valence electrons. The molecule has 0 saturated carbocycles. The highest BCUT2D eigenvalue weighted by Gasteiger charge is 2.08. The number of hydrogen-bond acceptors (Lipinski definition) is 4. The van der Waals surface area contributed by atoms with Crippen molar-refractivity contribution in [3.8, 4) is 11.6 Å². The molecule has 0 aliphatic heterocycles. The number of halogens is 1. The Morgan fingerprint density at radius 3 is 2.80 bits per heavy atom. The van der Waals surface area contributed by atoms with Crippen molar-refractivity contribution in [1.29, 1.82) is 0 Å². The van der Waals surface area contributed by atoms with Crippen LogP contribution in [0.1, 0.15) is 18.9 Å². The van der Waals surface area contributed by atoms with Crippen LogP contribution in [0.4, 0.5) is 0 Å². The first-order valence-corrected chi connectivity index (χ1v) is 6.77. The molecule has 0 fully saturated rings. The zero-order valence-electron chi connectivity index (χ0n) is 11.0. The first kappa shape index (κ1) is 12.9. The second-order valence-corrected chi connectivity index (χ2v) is 4.77. The van der Waals surface area contributed by atoms with Crippen molar-refractivity contribution < 1.29 is 4.74 Å². The molecule has 20 heavy (non-hydrogen) atoms. The molecule has 0 aliphatic rings. The third kappa shape index (κ3) is 2.58. The van der Waals surface area contributed by atoms with Crippen LogP contribution in [0.3, 0.4) is 0 Å². The molecule has 6 heteroatoms. The lowest BCUT2D eigenvalue weighted by Crippen LogP contribution is -1.98. The number of hydrogen-bond donors (Lipinski definition) is 0. The Bertz CT molecular complexity index is 724. The Hall–Kier alpha value is -2.14. The normalized spacial score (nSPS) is 10.9. The maximum atomic E-state index is 5.94. The maximum Gasteiger partial charge on any atom is 0.256 e. The van der Waals surface area contributed by atoms with Gasteiger partial charge in [-0.3, -0.25) is 0 Å². The first-order valence-electron chi connectivity index (χ1n) is 6.39. The minimum absolute atomic E-state index is 0.322. The van der Waals surface area contributed by atoms with Gasteiger partial charge >= 0.3 is 0 Å². The maximum absolute atomic E-state index is 5.94. The van der Waals surface area contributed by atoms with Crippen molar-refractivity contribution in [2.24, 2.45) is 0 Å². The molecule has 3 rings (SSSR count). The Kier molecular flexibility index (Phi) is 3.52. The van der Waals surface area contributed by atoms with Gasteiger partial charge in [0, 0.05) is 6.07 Å². The lowest BCUT2D eigenvalue weighted by Gasteiger charge is -2.07. The van der Waals surface area contributed by atoms with Crippen molar-refractivity contribution in [3.63, 3.8) is 0 Å². The lowest BCUT2D eigenvalue weighted by atomic mass is 10.1. The second-order valence-electron chi connectivity index (χ2n) is 4.38. The molecule has 0 aliphatic carbocycles. The van der Waals surface area contributed by atoms with E-state index in [1.54, 1.807) is 6.07 Å².